The molecule has 1 fully saturated rings. The Labute approximate surface area is 135 Å². The highest BCUT2D eigenvalue weighted by molar-refractivity contribution is 7.92. The van der Waals surface area contributed by atoms with Crippen LogP contribution in [-0.4, -0.2) is 43.4 Å². The minimum absolute atomic E-state index is 0.192. The van der Waals surface area contributed by atoms with Gasteiger partial charge in [0.15, 0.2) is 9.84 Å². The Bertz CT molecular complexity index is 690. The van der Waals surface area contributed by atoms with E-state index in [4.69, 9.17) is 11.6 Å². The summed E-state index contributed by atoms with van der Waals surface area (Å²) < 4.78 is 23.5. The molecule has 0 aliphatic carbocycles. The molecule has 2 aliphatic heterocycles. The van der Waals surface area contributed by atoms with E-state index in [0.29, 0.717) is 31.0 Å². The van der Waals surface area contributed by atoms with Gasteiger partial charge in [-0.1, -0.05) is 17.7 Å². The van der Waals surface area contributed by atoms with Gasteiger partial charge in [0, 0.05) is 24.7 Å². The summed E-state index contributed by atoms with van der Waals surface area (Å²) in [6.07, 6.45) is 2.11. The Morgan fingerprint density at radius 2 is 2.18 bits per heavy atom. The topological polar surface area (TPSA) is 66.5 Å². The van der Waals surface area contributed by atoms with Crippen molar-refractivity contribution in [2.75, 3.05) is 18.8 Å². The number of nitrogens with one attached hydrogen (secondary N) is 1. The van der Waals surface area contributed by atoms with E-state index in [1.54, 1.807) is 4.90 Å². The summed E-state index contributed by atoms with van der Waals surface area (Å²) >= 11 is 5.97. The molecule has 1 aromatic rings. The molecule has 1 aromatic carbocycles. The van der Waals surface area contributed by atoms with Crippen LogP contribution in [0.3, 0.4) is 0 Å². The van der Waals surface area contributed by atoms with Crippen LogP contribution in [0.4, 0.5) is 4.79 Å². The second kappa shape index (κ2) is 6.08. The van der Waals surface area contributed by atoms with Crippen LogP contribution in [0.1, 0.15) is 24.0 Å². The monoisotopic (exact) mass is 342 g/mol. The summed E-state index contributed by atoms with van der Waals surface area (Å²) in [7, 11) is -3.01. The van der Waals surface area contributed by atoms with Gasteiger partial charge in [0.2, 0.25) is 0 Å². The Hall–Kier alpha value is -1.27. The zero-order valence-corrected chi connectivity index (χ0v) is 13.8. The number of hydrogen-bond donors (Lipinski definition) is 1. The normalized spacial score (nSPS) is 23.1. The van der Waals surface area contributed by atoms with Gasteiger partial charge in [-0.3, -0.25) is 0 Å². The summed E-state index contributed by atoms with van der Waals surface area (Å²) in [6.45, 7) is 1.37. The number of hydrogen-bond acceptors (Lipinski definition) is 3. The lowest BCUT2D eigenvalue weighted by Crippen LogP contribution is -2.45. The third-order valence-corrected chi connectivity index (χ3v) is 6.92. The average Bonchev–Trinajstić information content (AvgIpc) is 2.83. The molecule has 1 saturated heterocycles. The molecule has 0 bridgehead atoms. The van der Waals surface area contributed by atoms with Gasteiger partial charge in [0.25, 0.3) is 0 Å². The number of carbonyl (C=O) groups is 1. The molecule has 2 amide bonds. The van der Waals surface area contributed by atoms with Crippen LogP contribution in [-0.2, 0) is 22.8 Å². The zero-order chi connectivity index (χ0) is 15.7. The van der Waals surface area contributed by atoms with Crippen molar-refractivity contribution < 1.29 is 13.2 Å². The van der Waals surface area contributed by atoms with Gasteiger partial charge in [-0.05, 0) is 42.5 Å². The van der Waals surface area contributed by atoms with Gasteiger partial charge in [-0.25, -0.2) is 13.2 Å². The molecular weight excluding hydrogens is 324 g/mol. The predicted octanol–water partition coefficient (Wildman–Crippen LogP) is 1.98. The lowest BCUT2D eigenvalue weighted by Gasteiger charge is -2.29. The van der Waals surface area contributed by atoms with Gasteiger partial charge in [0.05, 0.1) is 11.0 Å². The molecule has 1 atom stereocenters. The fraction of sp³-hybridized carbons (Fsp3) is 0.533. The van der Waals surface area contributed by atoms with Crippen molar-refractivity contribution in [1.82, 2.24) is 10.2 Å². The minimum atomic E-state index is -3.01. The van der Waals surface area contributed by atoms with Crippen molar-refractivity contribution in [3.8, 4) is 0 Å². The summed E-state index contributed by atoms with van der Waals surface area (Å²) in [5.74, 6) is 0.241. The van der Waals surface area contributed by atoms with E-state index in [1.165, 1.54) is 5.56 Å². The number of amides is 2. The van der Waals surface area contributed by atoms with Gasteiger partial charge in [-0.15, -0.1) is 0 Å². The molecule has 5 nitrogen and oxygen atoms in total. The van der Waals surface area contributed by atoms with Crippen LogP contribution in [0.2, 0.25) is 5.02 Å². The van der Waals surface area contributed by atoms with Crippen LogP contribution in [0, 0.1) is 0 Å². The summed E-state index contributed by atoms with van der Waals surface area (Å²) in [4.78, 5) is 14.0. The molecule has 120 valence electrons. The van der Waals surface area contributed by atoms with E-state index >= 15 is 0 Å². The smallest absolute Gasteiger partial charge is 0.317 e. The maximum atomic E-state index is 12.2. The highest BCUT2D eigenvalue weighted by Gasteiger charge is 2.32. The van der Waals surface area contributed by atoms with Crippen molar-refractivity contribution in [3.05, 3.63) is 34.3 Å². The fourth-order valence-electron chi connectivity index (χ4n) is 3.10. The third-order valence-electron chi connectivity index (χ3n) is 4.41. The summed E-state index contributed by atoms with van der Waals surface area (Å²) in [5, 5.41) is 3.06. The predicted molar refractivity (Wildman–Crippen MR) is 85.8 cm³/mol. The standard InChI is InChI=1S/C15H19ClN2O3S/c16-13-4-3-12-10-18(6-5-11(12)8-13)15(19)17-9-14-2-1-7-22(14,20)21/h3-4,8,14H,1-2,5-7,9-10H2,(H,17,19). The SMILES string of the molecule is O=C(NCC1CCCS1(=O)=O)N1CCc2cc(Cl)ccc2C1. The Kier molecular flexibility index (Phi) is 4.32. The molecular formula is C15H19ClN2O3S. The van der Waals surface area contributed by atoms with Gasteiger partial charge in [0.1, 0.15) is 0 Å². The van der Waals surface area contributed by atoms with Gasteiger partial charge < -0.3 is 10.2 Å². The maximum Gasteiger partial charge on any atom is 0.317 e. The van der Waals surface area contributed by atoms with E-state index in [0.717, 1.165) is 12.0 Å². The number of halogens is 1. The van der Waals surface area contributed by atoms with Gasteiger partial charge in [-0.2, -0.15) is 0 Å². The number of carbonyl (C=O) groups excluding carboxylic acids is 1. The molecule has 1 N–H and O–H groups in total. The summed E-state index contributed by atoms with van der Waals surface area (Å²) in [5.41, 5.74) is 2.27. The largest absolute Gasteiger partial charge is 0.337 e. The van der Waals surface area contributed by atoms with Crippen molar-refractivity contribution in [2.45, 2.75) is 31.1 Å². The van der Waals surface area contributed by atoms with Crippen molar-refractivity contribution in [3.63, 3.8) is 0 Å². The third kappa shape index (κ3) is 3.22. The molecule has 2 aliphatic rings. The van der Waals surface area contributed by atoms with Crippen molar-refractivity contribution >= 4 is 27.5 Å². The lowest BCUT2D eigenvalue weighted by atomic mass is 10.0. The second-order valence-electron chi connectivity index (χ2n) is 5.90. The van der Waals surface area contributed by atoms with Gasteiger partial charge >= 0.3 is 6.03 Å². The zero-order valence-electron chi connectivity index (χ0n) is 12.2. The molecule has 0 saturated carbocycles. The summed E-state index contributed by atoms with van der Waals surface area (Å²) in [6, 6.07) is 5.52. The first-order chi connectivity index (χ1) is 10.5. The van der Waals surface area contributed by atoms with Crippen LogP contribution in [0.15, 0.2) is 18.2 Å². The highest BCUT2D eigenvalue weighted by atomic mass is 35.5. The van der Waals surface area contributed by atoms with E-state index in [2.05, 4.69) is 5.32 Å². The molecule has 0 radical (unpaired) electrons. The maximum absolute atomic E-state index is 12.2. The Morgan fingerprint density at radius 3 is 2.91 bits per heavy atom. The number of sulfone groups is 1. The Balaban J connectivity index is 1.59. The first-order valence-corrected chi connectivity index (χ1v) is 9.57. The van der Waals surface area contributed by atoms with E-state index in [-0.39, 0.29) is 18.3 Å². The Morgan fingerprint density at radius 1 is 1.36 bits per heavy atom. The molecule has 0 aromatic heterocycles. The number of urea groups is 1. The molecule has 7 heteroatoms. The average molecular weight is 343 g/mol. The molecule has 3 rings (SSSR count). The quantitative estimate of drug-likeness (QED) is 0.893. The number of fused-ring (bicyclic) bond motifs is 1. The first kappa shape index (κ1) is 15.6. The van der Waals surface area contributed by atoms with E-state index < -0.39 is 15.1 Å². The van der Waals surface area contributed by atoms with Crippen LogP contribution >= 0.6 is 11.6 Å². The highest BCUT2D eigenvalue weighted by Crippen LogP contribution is 2.23. The molecule has 1 unspecified atom stereocenters. The number of nitrogens with zero attached hydrogens (tertiary/aromatic N) is 1. The fourth-order valence-corrected chi connectivity index (χ4v) is 5.06. The number of rotatable bonds is 2. The van der Waals surface area contributed by atoms with Crippen molar-refractivity contribution in [1.29, 1.82) is 0 Å². The van der Waals surface area contributed by atoms with Crippen LogP contribution in [0.5, 0.6) is 0 Å². The second-order valence-corrected chi connectivity index (χ2v) is 8.74. The minimum Gasteiger partial charge on any atom is -0.337 e. The molecule has 22 heavy (non-hydrogen) atoms. The molecule has 2 heterocycles. The molecule has 0 spiro atoms. The number of benzene rings is 1. The lowest BCUT2D eigenvalue weighted by molar-refractivity contribution is 0.192. The van der Waals surface area contributed by atoms with Crippen LogP contribution in [0.25, 0.3) is 0 Å². The van der Waals surface area contributed by atoms with Crippen LogP contribution < -0.4 is 5.32 Å². The van der Waals surface area contributed by atoms with E-state index in [1.807, 2.05) is 18.2 Å². The first-order valence-electron chi connectivity index (χ1n) is 7.47. The van der Waals surface area contributed by atoms with Crippen molar-refractivity contribution in [2.24, 2.45) is 0 Å². The van der Waals surface area contributed by atoms with E-state index in [9.17, 15) is 13.2 Å².